The second-order valence-electron chi connectivity index (χ2n) is 5.81. The van der Waals surface area contributed by atoms with E-state index < -0.39 is 10.0 Å². The number of amides is 1. The predicted octanol–water partition coefficient (Wildman–Crippen LogP) is 1.38. The van der Waals surface area contributed by atoms with Crippen LogP contribution >= 0.6 is 12.4 Å². The molecule has 24 heavy (non-hydrogen) atoms. The van der Waals surface area contributed by atoms with E-state index in [4.69, 9.17) is 5.73 Å². The molecule has 1 fully saturated rings. The van der Waals surface area contributed by atoms with Crippen molar-refractivity contribution >= 4 is 28.3 Å². The van der Waals surface area contributed by atoms with Crippen LogP contribution in [-0.4, -0.2) is 44.9 Å². The summed E-state index contributed by atoms with van der Waals surface area (Å²) in [5, 5.41) is 0. The molecular formula is C16H24ClN3O3S. The van der Waals surface area contributed by atoms with Gasteiger partial charge >= 0.3 is 0 Å². The van der Waals surface area contributed by atoms with Crippen LogP contribution in [0.1, 0.15) is 23.7 Å². The Hall–Kier alpha value is -1.41. The Kier molecular flexibility index (Phi) is 7.41. The van der Waals surface area contributed by atoms with Crippen LogP contribution in [0.4, 0.5) is 0 Å². The van der Waals surface area contributed by atoms with Crippen LogP contribution in [0.25, 0.3) is 0 Å². The Morgan fingerprint density at radius 1 is 1.42 bits per heavy atom. The van der Waals surface area contributed by atoms with Gasteiger partial charge in [0.1, 0.15) is 0 Å². The van der Waals surface area contributed by atoms with Gasteiger partial charge in [-0.1, -0.05) is 6.08 Å². The molecule has 1 amide bonds. The first-order valence-corrected chi connectivity index (χ1v) is 9.09. The summed E-state index contributed by atoms with van der Waals surface area (Å²) in [5.41, 5.74) is 6.17. The normalized spacial score (nSPS) is 20.5. The third-order valence-electron chi connectivity index (χ3n) is 4.08. The molecule has 134 valence electrons. The molecule has 8 heteroatoms. The van der Waals surface area contributed by atoms with Gasteiger partial charge in [-0.25, -0.2) is 13.1 Å². The maximum atomic E-state index is 12.6. The van der Waals surface area contributed by atoms with Crippen molar-refractivity contribution in [2.75, 3.05) is 19.6 Å². The standard InChI is InChI=1S/C16H23N3O3S.ClH/c1-3-8-18-23(21,22)15-6-4-14(5-7-15)16(20)19-11-13(10-17)9-12(19)2;/h3-7,12-13,18H,1,8-11,17H2,2H3;1H. The van der Waals surface area contributed by atoms with E-state index in [9.17, 15) is 13.2 Å². The minimum Gasteiger partial charge on any atom is -0.336 e. The molecule has 6 nitrogen and oxygen atoms in total. The molecule has 0 aliphatic carbocycles. The lowest BCUT2D eigenvalue weighted by Crippen LogP contribution is -2.34. The predicted molar refractivity (Wildman–Crippen MR) is 96.7 cm³/mol. The Morgan fingerprint density at radius 2 is 2.04 bits per heavy atom. The number of benzene rings is 1. The summed E-state index contributed by atoms with van der Waals surface area (Å²) in [6.45, 7) is 6.86. The highest BCUT2D eigenvalue weighted by atomic mass is 35.5. The molecule has 2 rings (SSSR count). The molecule has 1 saturated heterocycles. The van der Waals surface area contributed by atoms with Gasteiger partial charge in [-0.3, -0.25) is 4.79 Å². The van der Waals surface area contributed by atoms with Crippen molar-refractivity contribution in [1.29, 1.82) is 0 Å². The van der Waals surface area contributed by atoms with Gasteiger partial charge in [0.2, 0.25) is 10.0 Å². The lowest BCUT2D eigenvalue weighted by molar-refractivity contribution is 0.0743. The highest BCUT2D eigenvalue weighted by Gasteiger charge is 2.32. The van der Waals surface area contributed by atoms with Crippen LogP contribution in [0.2, 0.25) is 0 Å². The number of hydrogen-bond donors (Lipinski definition) is 2. The van der Waals surface area contributed by atoms with Gasteiger partial charge in [0.25, 0.3) is 5.91 Å². The number of nitrogens with one attached hydrogen (secondary N) is 1. The Balaban J connectivity index is 0.00000288. The molecular weight excluding hydrogens is 350 g/mol. The van der Waals surface area contributed by atoms with E-state index in [0.29, 0.717) is 24.6 Å². The molecule has 1 heterocycles. The van der Waals surface area contributed by atoms with Crippen LogP contribution < -0.4 is 10.5 Å². The first-order valence-electron chi connectivity index (χ1n) is 7.60. The van der Waals surface area contributed by atoms with Crippen LogP contribution in [0.5, 0.6) is 0 Å². The monoisotopic (exact) mass is 373 g/mol. The molecule has 3 N–H and O–H groups in total. The summed E-state index contributed by atoms with van der Waals surface area (Å²) in [5.74, 6) is 0.244. The second-order valence-corrected chi connectivity index (χ2v) is 7.58. The number of carbonyl (C=O) groups excluding carboxylic acids is 1. The van der Waals surface area contributed by atoms with Crippen molar-refractivity contribution in [3.05, 3.63) is 42.5 Å². The minimum atomic E-state index is -3.57. The van der Waals surface area contributed by atoms with Gasteiger partial charge in [0.05, 0.1) is 4.90 Å². The lowest BCUT2D eigenvalue weighted by atomic mass is 10.1. The molecule has 1 aromatic rings. The smallest absolute Gasteiger partial charge is 0.254 e. The Labute approximate surface area is 149 Å². The SMILES string of the molecule is C=CCNS(=O)(=O)c1ccc(C(=O)N2CC(CN)CC2C)cc1.Cl. The van der Waals surface area contributed by atoms with Gasteiger partial charge in [-0.2, -0.15) is 0 Å². The van der Waals surface area contributed by atoms with E-state index in [1.54, 1.807) is 17.0 Å². The quantitative estimate of drug-likeness (QED) is 0.737. The minimum absolute atomic E-state index is 0. The summed E-state index contributed by atoms with van der Waals surface area (Å²) >= 11 is 0. The van der Waals surface area contributed by atoms with E-state index in [0.717, 1.165) is 6.42 Å². The first kappa shape index (κ1) is 20.6. The van der Waals surface area contributed by atoms with Crippen molar-refractivity contribution in [3.63, 3.8) is 0 Å². The molecule has 0 spiro atoms. The topological polar surface area (TPSA) is 92.5 Å². The fraction of sp³-hybridized carbons (Fsp3) is 0.438. The zero-order chi connectivity index (χ0) is 17.0. The summed E-state index contributed by atoms with van der Waals surface area (Å²) in [7, 11) is -3.57. The molecule has 2 unspecified atom stereocenters. The van der Waals surface area contributed by atoms with E-state index in [1.165, 1.54) is 18.2 Å². The molecule has 0 aromatic heterocycles. The maximum Gasteiger partial charge on any atom is 0.254 e. The molecule has 2 atom stereocenters. The first-order chi connectivity index (χ1) is 10.9. The number of rotatable bonds is 6. The van der Waals surface area contributed by atoms with Crippen molar-refractivity contribution in [2.24, 2.45) is 11.7 Å². The third kappa shape index (κ3) is 4.57. The van der Waals surface area contributed by atoms with E-state index >= 15 is 0 Å². The van der Waals surface area contributed by atoms with Gasteiger partial charge in [0.15, 0.2) is 0 Å². The zero-order valence-corrected chi connectivity index (χ0v) is 15.3. The van der Waals surface area contributed by atoms with Gasteiger partial charge in [0, 0.05) is 24.7 Å². The fourth-order valence-corrected chi connectivity index (χ4v) is 3.79. The summed E-state index contributed by atoms with van der Waals surface area (Å²) in [4.78, 5) is 14.5. The van der Waals surface area contributed by atoms with Gasteiger partial charge in [-0.05, 0) is 50.1 Å². The fourth-order valence-electron chi connectivity index (χ4n) is 2.79. The van der Waals surface area contributed by atoms with Crippen LogP contribution in [0.3, 0.4) is 0 Å². The number of likely N-dealkylation sites (tertiary alicyclic amines) is 1. The van der Waals surface area contributed by atoms with Crippen LogP contribution in [0.15, 0.2) is 41.8 Å². The van der Waals surface area contributed by atoms with Crippen molar-refractivity contribution in [2.45, 2.75) is 24.3 Å². The molecule has 0 radical (unpaired) electrons. The van der Waals surface area contributed by atoms with Gasteiger partial charge < -0.3 is 10.6 Å². The van der Waals surface area contributed by atoms with E-state index in [1.807, 2.05) is 6.92 Å². The Morgan fingerprint density at radius 3 is 2.54 bits per heavy atom. The molecule has 1 aromatic carbocycles. The van der Waals surface area contributed by atoms with E-state index in [2.05, 4.69) is 11.3 Å². The number of hydrogen-bond acceptors (Lipinski definition) is 4. The molecule has 1 aliphatic rings. The van der Waals surface area contributed by atoms with Crippen molar-refractivity contribution < 1.29 is 13.2 Å². The van der Waals surface area contributed by atoms with E-state index in [-0.39, 0.29) is 35.8 Å². The molecule has 0 bridgehead atoms. The second kappa shape index (κ2) is 8.62. The van der Waals surface area contributed by atoms with Crippen LogP contribution in [0, 0.1) is 5.92 Å². The van der Waals surface area contributed by atoms with Crippen LogP contribution in [-0.2, 0) is 10.0 Å². The summed E-state index contributed by atoms with van der Waals surface area (Å²) in [6, 6.07) is 6.13. The van der Waals surface area contributed by atoms with Crippen molar-refractivity contribution in [3.8, 4) is 0 Å². The number of carbonyl (C=O) groups is 1. The molecule has 0 saturated carbocycles. The zero-order valence-electron chi connectivity index (χ0n) is 13.6. The highest BCUT2D eigenvalue weighted by Crippen LogP contribution is 2.24. The third-order valence-corrected chi connectivity index (χ3v) is 5.52. The van der Waals surface area contributed by atoms with Gasteiger partial charge in [-0.15, -0.1) is 19.0 Å². The summed E-state index contributed by atoms with van der Waals surface area (Å²) < 4.78 is 26.4. The lowest BCUT2D eigenvalue weighted by Gasteiger charge is -2.21. The Bertz CT molecular complexity index is 676. The summed E-state index contributed by atoms with van der Waals surface area (Å²) in [6.07, 6.45) is 2.37. The number of nitrogens with two attached hydrogens (primary N) is 1. The van der Waals surface area contributed by atoms with Crippen molar-refractivity contribution in [1.82, 2.24) is 9.62 Å². The number of nitrogens with zero attached hydrogens (tertiary/aromatic N) is 1. The number of halogens is 1. The highest BCUT2D eigenvalue weighted by molar-refractivity contribution is 7.89. The number of sulfonamides is 1. The molecule has 1 aliphatic heterocycles. The average Bonchev–Trinajstić information content (AvgIpc) is 2.93. The largest absolute Gasteiger partial charge is 0.336 e. The maximum absolute atomic E-state index is 12.6. The average molecular weight is 374 g/mol.